The van der Waals surface area contributed by atoms with Crippen molar-refractivity contribution >= 4 is 5.97 Å². The lowest BCUT2D eigenvalue weighted by Gasteiger charge is -2.09. The van der Waals surface area contributed by atoms with E-state index in [4.69, 9.17) is 37.9 Å². The smallest absolute Gasteiger partial charge is 0.305 e. The fourth-order valence-corrected chi connectivity index (χ4v) is 3.74. The zero-order valence-electron chi connectivity index (χ0n) is 26.0. The van der Waals surface area contributed by atoms with Crippen LogP contribution in [0.1, 0.15) is 97.3 Å². The first-order valence-corrected chi connectivity index (χ1v) is 16.0. The molecular formula is C31H62O9. The highest BCUT2D eigenvalue weighted by Gasteiger charge is 2.02. The molecule has 0 fully saturated rings. The summed E-state index contributed by atoms with van der Waals surface area (Å²) in [7, 11) is 0. The molecule has 0 aromatic rings. The molecule has 0 heterocycles. The van der Waals surface area contributed by atoms with Gasteiger partial charge in [-0.25, -0.2) is 0 Å². The van der Waals surface area contributed by atoms with Gasteiger partial charge in [0.25, 0.3) is 0 Å². The van der Waals surface area contributed by atoms with Gasteiger partial charge in [-0.3, -0.25) is 4.79 Å². The molecule has 0 bridgehead atoms. The van der Waals surface area contributed by atoms with Crippen LogP contribution in [0.25, 0.3) is 0 Å². The standard InChI is InChI=1S/C31H62O9/c1-3-5-7-9-10-11-12-14-16-33-17-18-34-19-20-35-21-22-36-23-24-37-25-26-38-27-28-39-29-30-40-31(32)15-13-8-6-4-2/h3-30H2,1-2H3. The van der Waals surface area contributed by atoms with Crippen molar-refractivity contribution in [2.24, 2.45) is 0 Å². The number of ether oxygens (including phenoxy) is 8. The van der Waals surface area contributed by atoms with Crippen molar-refractivity contribution < 1.29 is 42.7 Å². The zero-order chi connectivity index (χ0) is 29.0. The van der Waals surface area contributed by atoms with Gasteiger partial charge < -0.3 is 37.9 Å². The van der Waals surface area contributed by atoms with Crippen molar-refractivity contribution in [3.8, 4) is 0 Å². The maximum absolute atomic E-state index is 11.5. The van der Waals surface area contributed by atoms with Crippen molar-refractivity contribution in [2.75, 3.05) is 99.1 Å². The molecule has 0 atom stereocenters. The summed E-state index contributed by atoms with van der Waals surface area (Å²) in [6.07, 6.45) is 15.3. The van der Waals surface area contributed by atoms with Crippen molar-refractivity contribution in [1.82, 2.24) is 0 Å². The molecule has 0 saturated carbocycles. The van der Waals surface area contributed by atoms with E-state index in [1.165, 1.54) is 44.9 Å². The Morgan fingerprint density at radius 1 is 0.350 bits per heavy atom. The predicted molar refractivity (Wildman–Crippen MR) is 158 cm³/mol. The van der Waals surface area contributed by atoms with Crippen LogP contribution in [0.5, 0.6) is 0 Å². The Morgan fingerprint density at radius 3 is 1.05 bits per heavy atom. The van der Waals surface area contributed by atoms with Gasteiger partial charge in [0.1, 0.15) is 6.61 Å². The third kappa shape index (κ3) is 35.2. The van der Waals surface area contributed by atoms with E-state index in [2.05, 4.69) is 13.8 Å². The molecule has 0 rings (SSSR count). The highest BCUT2D eigenvalue weighted by atomic mass is 16.6. The summed E-state index contributed by atoms with van der Waals surface area (Å²) in [4.78, 5) is 11.5. The van der Waals surface area contributed by atoms with Gasteiger partial charge in [-0.15, -0.1) is 0 Å². The van der Waals surface area contributed by atoms with Crippen LogP contribution in [0.15, 0.2) is 0 Å². The fourth-order valence-electron chi connectivity index (χ4n) is 3.74. The molecule has 40 heavy (non-hydrogen) atoms. The number of carbonyl (C=O) groups excluding carboxylic acids is 1. The van der Waals surface area contributed by atoms with Crippen LogP contribution in [0.2, 0.25) is 0 Å². The molecule has 0 spiro atoms. The molecule has 9 heteroatoms. The summed E-state index contributed by atoms with van der Waals surface area (Å²) in [5.74, 6) is -0.143. The van der Waals surface area contributed by atoms with E-state index in [9.17, 15) is 4.79 Å². The summed E-state index contributed by atoms with van der Waals surface area (Å²) in [6, 6.07) is 0. The summed E-state index contributed by atoms with van der Waals surface area (Å²) in [5, 5.41) is 0. The highest BCUT2D eigenvalue weighted by molar-refractivity contribution is 5.69. The molecule has 0 aliphatic heterocycles. The van der Waals surface area contributed by atoms with Gasteiger partial charge in [0.2, 0.25) is 0 Å². The maximum Gasteiger partial charge on any atom is 0.305 e. The van der Waals surface area contributed by atoms with Crippen LogP contribution < -0.4 is 0 Å². The van der Waals surface area contributed by atoms with E-state index in [0.717, 1.165) is 38.7 Å². The molecule has 0 aromatic heterocycles. The second-order valence-electron chi connectivity index (χ2n) is 9.79. The van der Waals surface area contributed by atoms with Crippen molar-refractivity contribution in [1.29, 1.82) is 0 Å². The molecule has 0 saturated heterocycles. The van der Waals surface area contributed by atoms with E-state index < -0.39 is 0 Å². The Balaban J connectivity index is 3.07. The number of hydrogen-bond donors (Lipinski definition) is 0. The van der Waals surface area contributed by atoms with E-state index in [1.807, 2.05) is 0 Å². The molecule has 0 amide bonds. The molecule has 0 unspecified atom stereocenters. The Labute approximate surface area is 245 Å². The topological polar surface area (TPSA) is 90.9 Å². The van der Waals surface area contributed by atoms with Crippen LogP contribution in [-0.4, -0.2) is 105 Å². The van der Waals surface area contributed by atoms with Gasteiger partial charge >= 0.3 is 5.97 Å². The molecule has 0 aromatic carbocycles. The summed E-state index contributed by atoms with van der Waals surface area (Å²) < 4.78 is 43.5. The minimum atomic E-state index is -0.143. The molecule has 0 N–H and O–H groups in total. The number of carbonyl (C=O) groups is 1. The number of rotatable bonds is 35. The molecule has 9 nitrogen and oxygen atoms in total. The van der Waals surface area contributed by atoms with Gasteiger partial charge in [-0.05, 0) is 12.8 Å². The number of esters is 1. The number of hydrogen-bond acceptors (Lipinski definition) is 9. The van der Waals surface area contributed by atoms with Crippen LogP contribution in [0.3, 0.4) is 0 Å². The van der Waals surface area contributed by atoms with Crippen LogP contribution in [-0.2, 0) is 42.7 Å². The lowest BCUT2D eigenvalue weighted by molar-refractivity contribution is -0.145. The van der Waals surface area contributed by atoms with E-state index >= 15 is 0 Å². The summed E-state index contributed by atoms with van der Waals surface area (Å²) in [5.41, 5.74) is 0. The zero-order valence-corrected chi connectivity index (χ0v) is 26.0. The number of unbranched alkanes of at least 4 members (excludes halogenated alkanes) is 10. The second-order valence-corrected chi connectivity index (χ2v) is 9.79. The molecular weight excluding hydrogens is 516 g/mol. The Bertz CT molecular complexity index is 480. The minimum Gasteiger partial charge on any atom is -0.463 e. The van der Waals surface area contributed by atoms with Gasteiger partial charge in [-0.1, -0.05) is 78.1 Å². The molecule has 0 radical (unpaired) electrons. The van der Waals surface area contributed by atoms with Crippen LogP contribution in [0.4, 0.5) is 0 Å². The Hall–Kier alpha value is -0.810. The third-order valence-corrected chi connectivity index (χ3v) is 6.10. The first kappa shape index (κ1) is 39.2. The van der Waals surface area contributed by atoms with Crippen molar-refractivity contribution in [2.45, 2.75) is 97.3 Å². The average Bonchev–Trinajstić information content (AvgIpc) is 2.96. The van der Waals surface area contributed by atoms with Gasteiger partial charge in [0.15, 0.2) is 0 Å². The van der Waals surface area contributed by atoms with Gasteiger partial charge in [0, 0.05) is 13.0 Å². The van der Waals surface area contributed by atoms with E-state index in [0.29, 0.717) is 98.9 Å². The van der Waals surface area contributed by atoms with Crippen molar-refractivity contribution in [3.05, 3.63) is 0 Å². The highest BCUT2D eigenvalue weighted by Crippen LogP contribution is 2.08. The van der Waals surface area contributed by atoms with Crippen molar-refractivity contribution in [3.63, 3.8) is 0 Å². The lowest BCUT2D eigenvalue weighted by atomic mass is 10.1. The minimum absolute atomic E-state index is 0.143. The monoisotopic (exact) mass is 578 g/mol. The quantitative estimate of drug-likeness (QED) is 0.0688. The Morgan fingerprint density at radius 2 is 0.650 bits per heavy atom. The first-order chi connectivity index (χ1) is 19.8. The summed E-state index contributed by atoms with van der Waals surface area (Å²) >= 11 is 0. The largest absolute Gasteiger partial charge is 0.463 e. The predicted octanol–water partition coefficient (Wildman–Crippen LogP) is 5.76. The maximum atomic E-state index is 11.5. The Kier molecular flexibility index (Phi) is 35.5. The molecule has 240 valence electrons. The van der Waals surface area contributed by atoms with Gasteiger partial charge in [0.05, 0.1) is 85.9 Å². The third-order valence-electron chi connectivity index (χ3n) is 6.10. The summed E-state index contributed by atoms with van der Waals surface area (Å²) in [6.45, 7) is 12.4. The van der Waals surface area contributed by atoms with E-state index in [-0.39, 0.29) is 5.97 Å². The molecule has 0 aliphatic carbocycles. The fraction of sp³-hybridized carbons (Fsp3) is 0.968. The SMILES string of the molecule is CCCCCCCCCCOCCOCCOCCOCCOCCOCCOCCOC(=O)CCCCCC. The second kappa shape index (κ2) is 36.2. The molecule has 0 aliphatic rings. The van der Waals surface area contributed by atoms with Crippen LogP contribution in [0, 0.1) is 0 Å². The first-order valence-electron chi connectivity index (χ1n) is 16.0. The van der Waals surface area contributed by atoms with Gasteiger partial charge in [-0.2, -0.15) is 0 Å². The normalized spacial score (nSPS) is 11.3. The van der Waals surface area contributed by atoms with E-state index in [1.54, 1.807) is 0 Å². The van der Waals surface area contributed by atoms with Crippen LogP contribution >= 0.6 is 0 Å². The average molecular weight is 579 g/mol. The lowest BCUT2D eigenvalue weighted by Crippen LogP contribution is -2.15.